The van der Waals surface area contributed by atoms with Crippen molar-refractivity contribution in [2.24, 2.45) is 0 Å². The van der Waals surface area contributed by atoms with Gasteiger partial charge in [-0.3, -0.25) is 9.29 Å². The summed E-state index contributed by atoms with van der Waals surface area (Å²) in [6, 6.07) is 7.64. The SMILES string of the molecule is Fc1c[c-]ccc1CN1CCOCC1.[Zn+][Br]. The Bertz CT molecular complexity index is 308. The summed E-state index contributed by atoms with van der Waals surface area (Å²) in [6.45, 7) is 3.95. The first-order chi connectivity index (χ1) is 7.86. The van der Waals surface area contributed by atoms with Gasteiger partial charge in [-0.1, -0.05) is 0 Å². The minimum atomic E-state index is -0.168. The number of nitrogens with zero attached hydrogens (tertiary/aromatic N) is 1. The molecule has 0 radical (unpaired) electrons. The first-order valence-corrected chi connectivity index (χ1v) is 12.0. The molecule has 2 nitrogen and oxygen atoms in total. The van der Waals surface area contributed by atoms with Gasteiger partial charge < -0.3 is 4.74 Å². The van der Waals surface area contributed by atoms with Gasteiger partial charge in [-0.15, -0.1) is 11.6 Å². The van der Waals surface area contributed by atoms with Crippen LogP contribution in [0.25, 0.3) is 0 Å². The molecule has 1 aliphatic heterocycles. The van der Waals surface area contributed by atoms with Crippen LogP contribution in [0, 0.1) is 11.9 Å². The Morgan fingerprint density at radius 3 is 2.75 bits per heavy atom. The monoisotopic (exact) mass is 337 g/mol. The number of hydrogen-bond acceptors (Lipinski definition) is 2. The molecule has 0 aromatic heterocycles. The topological polar surface area (TPSA) is 12.5 Å². The molecule has 0 saturated carbocycles. The van der Waals surface area contributed by atoms with Crippen LogP contribution in [0.1, 0.15) is 5.56 Å². The maximum atomic E-state index is 13.3. The molecule has 0 N–H and O–H groups in total. The molecule has 5 heteroatoms. The summed E-state index contributed by atoms with van der Waals surface area (Å²) in [5, 5.41) is 0. The molecule has 1 aliphatic rings. The molecule has 0 unspecified atom stereocenters. The molecule has 0 aliphatic carbocycles. The summed E-state index contributed by atoms with van der Waals surface area (Å²) >= 11 is 4.25. The van der Waals surface area contributed by atoms with Crippen LogP contribution >= 0.6 is 13.6 Å². The van der Waals surface area contributed by atoms with E-state index < -0.39 is 0 Å². The average molecular weight is 340 g/mol. The van der Waals surface area contributed by atoms with Crippen LogP contribution in [0.5, 0.6) is 0 Å². The van der Waals surface area contributed by atoms with Gasteiger partial charge in [0.15, 0.2) is 0 Å². The van der Waals surface area contributed by atoms with E-state index >= 15 is 0 Å². The fourth-order valence-corrected chi connectivity index (χ4v) is 1.57. The van der Waals surface area contributed by atoms with E-state index in [0.717, 1.165) is 31.9 Å². The number of ether oxygens (including phenoxy) is 1. The van der Waals surface area contributed by atoms with Crippen molar-refractivity contribution in [3.05, 3.63) is 35.6 Å². The Hall–Kier alpha value is 0.173. The van der Waals surface area contributed by atoms with E-state index in [1.807, 2.05) is 0 Å². The van der Waals surface area contributed by atoms with Crippen molar-refractivity contribution in [2.45, 2.75) is 6.54 Å². The molecule has 1 fully saturated rings. The van der Waals surface area contributed by atoms with E-state index in [-0.39, 0.29) is 5.82 Å². The van der Waals surface area contributed by atoms with E-state index in [1.165, 1.54) is 22.4 Å². The first-order valence-electron chi connectivity index (χ1n) is 5.07. The van der Waals surface area contributed by atoms with Crippen LogP contribution in [0.3, 0.4) is 0 Å². The predicted octanol–water partition coefficient (Wildman–Crippen LogP) is 2.30. The molecule has 0 bridgehead atoms. The quantitative estimate of drug-likeness (QED) is 0.606. The van der Waals surface area contributed by atoms with Gasteiger partial charge >= 0.3 is 30.0 Å². The van der Waals surface area contributed by atoms with Gasteiger partial charge in [0.05, 0.1) is 13.2 Å². The second-order valence-electron chi connectivity index (χ2n) is 3.41. The van der Waals surface area contributed by atoms with Crippen molar-refractivity contribution < 1.29 is 25.5 Å². The van der Waals surface area contributed by atoms with Crippen LogP contribution in [-0.2, 0) is 27.6 Å². The van der Waals surface area contributed by atoms with Crippen LogP contribution in [0.2, 0.25) is 0 Å². The zero-order valence-corrected chi connectivity index (χ0v) is 13.6. The Morgan fingerprint density at radius 2 is 2.12 bits per heavy atom. The van der Waals surface area contributed by atoms with Crippen LogP contribution in [-0.4, -0.2) is 31.2 Å². The molecule has 16 heavy (non-hydrogen) atoms. The van der Waals surface area contributed by atoms with E-state index in [9.17, 15) is 4.39 Å². The van der Waals surface area contributed by atoms with Crippen molar-refractivity contribution in [1.29, 1.82) is 0 Å². The third-order valence-corrected chi connectivity index (χ3v) is 2.40. The molecule has 1 heterocycles. The summed E-state index contributed by atoms with van der Waals surface area (Å²) < 4.78 is 18.5. The van der Waals surface area contributed by atoms with Crippen molar-refractivity contribution >= 4 is 13.6 Å². The summed E-state index contributed by atoms with van der Waals surface area (Å²) in [6.07, 6.45) is 0. The Balaban J connectivity index is 0.000000606. The van der Waals surface area contributed by atoms with Gasteiger partial charge in [0.25, 0.3) is 0 Å². The summed E-state index contributed by atoms with van der Waals surface area (Å²) in [4.78, 5) is 2.20. The third-order valence-electron chi connectivity index (χ3n) is 2.40. The van der Waals surface area contributed by atoms with Crippen LogP contribution in [0.4, 0.5) is 4.39 Å². The van der Waals surface area contributed by atoms with Gasteiger partial charge in [-0.25, -0.2) is 0 Å². The number of halogens is 2. The zero-order valence-electron chi connectivity index (χ0n) is 9.09. The van der Waals surface area contributed by atoms with Gasteiger partial charge in [0, 0.05) is 25.5 Å². The van der Waals surface area contributed by atoms with E-state index in [1.54, 1.807) is 12.1 Å². The van der Waals surface area contributed by atoms with E-state index in [0.29, 0.717) is 6.54 Å². The normalized spacial score (nSPS) is 16.5. The fourth-order valence-electron chi connectivity index (χ4n) is 1.57. The third kappa shape index (κ3) is 4.58. The van der Waals surface area contributed by atoms with Crippen molar-refractivity contribution in [3.8, 4) is 0 Å². The molecule has 2 rings (SSSR count). The van der Waals surface area contributed by atoms with Gasteiger partial charge in [-0.2, -0.15) is 18.2 Å². The number of hydrogen-bond donors (Lipinski definition) is 0. The molecule has 1 saturated heterocycles. The Labute approximate surface area is 112 Å². The van der Waals surface area contributed by atoms with E-state index in [4.69, 9.17) is 4.74 Å². The summed E-state index contributed by atoms with van der Waals surface area (Å²) in [7, 11) is 0. The zero-order chi connectivity index (χ0) is 11.8. The van der Waals surface area contributed by atoms with Crippen molar-refractivity contribution in [3.63, 3.8) is 0 Å². The Morgan fingerprint density at radius 1 is 1.44 bits per heavy atom. The molecule has 1 aromatic carbocycles. The van der Waals surface area contributed by atoms with Crippen LogP contribution in [0.15, 0.2) is 18.2 Å². The van der Waals surface area contributed by atoms with E-state index in [2.05, 4.69) is 24.6 Å². The van der Waals surface area contributed by atoms with Crippen molar-refractivity contribution in [2.75, 3.05) is 26.3 Å². The minimum absolute atomic E-state index is 0.168. The summed E-state index contributed by atoms with van der Waals surface area (Å²) in [5.41, 5.74) is 0.741. The maximum absolute atomic E-state index is 13.3. The van der Waals surface area contributed by atoms with Crippen LogP contribution < -0.4 is 0 Å². The molecule has 1 aromatic rings. The first kappa shape index (κ1) is 14.2. The average Bonchev–Trinajstić information content (AvgIpc) is 2.36. The predicted molar refractivity (Wildman–Crippen MR) is 60.3 cm³/mol. The standard InChI is InChI=1S/C11H13FNO.BrH.Zn/c12-11-4-2-1-3-10(11)9-13-5-7-14-8-6-13;;/h1,3-4H,5-9H2;1H;/q-1;;+2/p-1. The molecule has 0 amide bonds. The number of benzene rings is 1. The summed E-state index contributed by atoms with van der Waals surface area (Å²) in [5.74, 6) is -0.168. The molecule has 0 atom stereocenters. The Kier molecular flexibility index (Phi) is 7.38. The fraction of sp³-hybridized carbons (Fsp3) is 0.455. The number of morpholine rings is 1. The second kappa shape index (κ2) is 8.29. The molecular weight excluding hydrogens is 326 g/mol. The van der Waals surface area contributed by atoms with Crippen molar-refractivity contribution in [1.82, 2.24) is 4.90 Å². The second-order valence-corrected chi connectivity index (χ2v) is 3.41. The van der Waals surface area contributed by atoms with Gasteiger partial charge in [-0.05, 0) is 0 Å². The molecular formula is C11H13BrFNOZn. The van der Waals surface area contributed by atoms with Gasteiger partial charge in [0.2, 0.25) is 0 Å². The molecule has 0 spiro atoms. The van der Waals surface area contributed by atoms with Gasteiger partial charge in [0.1, 0.15) is 0 Å². The number of rotatable bonds is 2. The molecule has 84 valence electrons.